The van der Waals surface area contributed by atoms with E-state index >= 15 is 0 Å². The lowest BCUT2D eigenvalue weighted by Gasteiger charge is -2.15. The normalized spacial score (nSPS) is 8.45. The van der Waals surface area contributed by atoms with E-state index in [0.29, 0.717) is 6.54 Å². The molecular weight excluding hydrogens is 140 g/mol. The Balaban J connectivity index is 3.90. The van der Waals surface area contributed by atoms with E-state index in [0.717, 1.165) is 6.42 Å². The van der Waals surface area contributed by atoms with Gasteiger partial charge in [-0.15, -0.1) is 0 Å². The highest BCUT2D eigenvalue weighted by Crippen LogP contribution is 1.91. The summed E-state index contributed by atoms with van der Waals surface area (Å²) in [5.41, 5.74) is 0. The van der Waals surface area contributed by atoms with Gasteiger partial charge in [-0.3, -0.25) is 0 Å². The third-order valence-corrected chi connectivity index (χ3v) is 1.17. The van der Waals surface area contributed by atoms with Gasteiger partial charge in [-0.25, -0.2) is 4.79 Å². The highest BCUT2D eigenvalue weighted by Gasteiger charge is 2.04. The predicted octanol–water partition coefficient (Wildman–Crippen LogP) is 1.70. The van der Waals surface area contributed by atoms with Gasteiger partial charge in [0.2, 0.25) is 0 Å². The lowest BCUT2D eigenvalue weighted by Crippen LogP contribution is -2.33. The minimum atomic E-state index is -0.183. The Kier molecular flexibility index (Phi) is 4.90. The number of nitrogens with one attached hydrogen (secondary N) is 1. The van der Waals surface area contributed by atoms with Crippen molar-refractivity contribution in [1.82, 2.24) is 10.2 Å². The number of amides is 2. The van der Waals surface area contributed by atoms with Crippen molar-refractivity contribution < 1.29 is 4.79 Å². The number of rotatable bonds is 4. The molecule has 0 bridgehead atoms. The molecule has 11 heavy (non-hydrogen) atoms. The summed E-state index contributed by atoms with van der Waals surface area (Å²) in [6, 6.07) is -0.183. The molecule has 1 N–H and O–H groups in total. The van der Waals surface area contributed by atoms with Crippen LogP contribution in [0.15, 0.2) is 25.6 Å². The maximum absolute atomic E-state index is 11.0. The number of urea groups is 1. The SMILES string of the molecule is C=CNC(=O)N(C=C)CCC. The molecule has 3 heteroatoms. The highest BCUT2D eigenvalue weighted by atomic mass is 16.2. The summed E-state index contributed by atoms with van der Waals surface area (Å²) in [7, 11) is 0. The van der Waals surface area contributed by atoms with Crippen LogP contribution in [0.4, 0.5) is 4.79 Å². The van der Waals surface area contributed by atoms with Crippen LogP contribution in [-0.2, 0) is 0 Å². The molecule has 0 fully saturated rings. The molecule has 0 unspecified atom stereocenters. The van der Waals surface area contributed by atoms with Crippen LogP contribution in [0.2, 0.25) is 0 Å². The van der Waals surface area contributed by atoms with Gasteiger partial charge in [0.1, 0.15) is 0 Å². The van der Waals surface area contributed by atoms with E-state index in [2.05, 4.69) is 18.5 Å². The van der Waals surface area contributed by atoms with Gasteiger partial charge in [0, 0.05) is 12.7 Å². The molecule has 0 aliphatic carbocycles. The zero-order valence-corrected chi connectivity index (χ0v) is 6.84. The molecule has 0 aromatic rings. The van der Waals surface area contributed by atoms with Crippen LogP contribution in [0.5, 0.6) is 0 Å². The second kappa shape index (κ2) is 5.53. The summed E-state index contributed by atoms with van der Waals surface area (Å²) in [5, 5.41) is 2.46. The molecule has 0 saturated heterocycles. The van der Waals surface area contributed by atoms with Crippen LogP contribution >= 0.6 is 0 Å². The van der Waals surface area contributed by atoms with E-state index in [1.54, 1.807) is 0 Å². The van der Waals surface area contributed by atoms with E-state index in [1.165, 1.54) is 17.3 Å². The molecule has 3 nitrogen and oxygen atoms in total. The van der Waals surface area contributed by atoms with Crippen molar-refractivity contribution in [2.24, 2.45) is 0 Å². The van der Waals surface area contributed by atoms with Crippen LogP contribution in [0.25, 0.3) is 0 Å². The fourth-order valence-corrected chi connectivity index (χ4v) is 0.687. The summed E-state index contributed by atoms with van der Waals surface area (Å²) in [6.45, 7) is 9.58. The standard InChI is InChI=1S/C8H14N2O/c1-4-7-10(6-3)8(11)9-5-2/h5-6H,2-4,7H2,1H3,(H,9,11). The number of hydrogen-bond acceptors (Lipinski definition) is 1. The molecule has 0 atom stereocenters. The van der Waals surface area contributed by atoms with Crippen LogP contribution < -0.4 is 5.32 Å². The molecule has 0 spiro atoms. The summed E-state index contributed by atoms with van der Waals surface area (Å²) < 4.78 is 0. The summed E-state index contributed by atoms with van der Waals surface area (Å²) in [5.74, 6) is 0. The fraction of sp³-hybridized carbons (Fsp3) is 0.375. The summed E-state index contributed by atoms with van der Waals surface area (Å²) >= 11 is 0. The van der Waals surface area contributed by atoms with E-state index < -0.39 is 0 Å². The van der Waals surface area contributed by atoms with Crippen molar-refractivity contribution in [2.75, 3.05) is 6.54 Å². The Labute approximate surface area is 67.4 Å². The van der Waals surface area contributed by atoms with Gasteiger partial charge in [-0.2, -0.15) is 0 Å². The zero-order chi connectivity index (χ0) is 8.69. The molecule has 0 aliphatic heterocycles. The van der Waals surface area contributed by atoms with Crippen molar-refractivity contribution in [2.45, 2.75) is 13.3 Å². The lowest BCUT2D eigenvalue weighted by molar-refractivity contribution is 0.219. The largest absolute Gasteiger partial charge is 0.325 e. The first kappa shape index (κ1) is 9.75. The average molecular weight is 154 g/mol. The molecular formula is C8H14N2O. The van der Waals surface area contributed by atoms with E-state index in [1.807, 2.05) is 6.92 Å². The molecule has 62 valence electrons. The first-order valence-corrected chi connectivity index (χ1v) is 3.56. The first-order chi connectivity index (χ1) is 5.26. The summed E-state index contributed by atoms with van der Waals surface area (Å²) in [4.78, 5) is 12.5. The predicted molar refractivity (Wildman–Crippen MR) is 45.9 cm³/mol. The molecule has 0 aromatic carbocycles. The van der Waals surface area contributed by atoms with Crippen molar-refractivity contribution in [3.63, 3.8) is 0 Å². The van der Waals surface area contributed by atoms with Gasteiger partial charge in [0.15, 0.2) is 0 Å². The van der Waals surface area contributed by atoms with Gasteiger partial charge in [0.05, 0.1) is 0 Å². The highest BCUT2D eigenvalue weighted by molar-refractivity contribution is 5.76. The molecule has 2 amide bonds. The third kappa shape index (κ3) is 3.45. The van der Waals surface area contributed by atoms with Crippen LogP contribution in [0.3, 0.4) is 0 Å². The number of nitrogens with zero attached hydrogens (tertiary/aromatic N) is 1. The van der Waals surface area contributed by atoms with Gasteiger partial charge < -0.3 is 10.2 Å². The zero-order valence-electron chi connectivity index (χ0n) is 6.84. The molecule has 0 radical (unpaired) electrons. The third-order valence-electron chi connectivity index (χ3n) is 1.17. The lowest BCUT2D eigenvalue weighted by atomic mass is 10.4. The maximum Gasteiger partial charge on any atom is 0.325 e. The minimum absolute atomic E-state index is 0.183. The van der Waals surface area contributed by atoms with Gasteiger partial charge in [-0.1, -0.05) is 20.1 Å². The molecule has 0 heterocycles. The molecule has 0 rings (SSSR count). The van der Waals surface area contributed by atoms with Crippen LogP contribution in [-0.4, -0.2) is 17.5 Å². The molecule has 0 aromatic heterocycles. The van der Waals surface area contributed by atoms with E-state index in [9.17, 15) is 4.79 Å². The number of carbonyl (C=O) groups is 1. The Morgan fingerprint density at radius 3 is 2.64 bits per heavy atom. The minimum Gasteiger partial charge on any atom is -0.315 e. The van der Waals surface area contributed by atoms with Gasteiger partial charge in [-0.05, 0) is 12.6 Å². The second-order valence-electron chi connectivity index (χ2n) is 2.03. The molecule has 0 saturated carbocycles. The van der Waals surface area contributed by atoms with E-state index in [-0.39, 0.29) is 6.03 Å². The van der Waals surface area contributed by atoms with E-state index in [4.69, 9.17) is 0 Å². The van der Waals surface area contributed by atoms with Gasteiger partial charge >= 0.3 is 6.03 Å². The smallest absolute Gasteiger partial charge is 0.315 e. The maximum atomic E-state index is 11.0. The van der Waals surface area contributed by atoms with Crippen molar-refractivity contribution in [3.05, 3.63) is 25.6 Å². The quantitative estimate of drug-likeness (QED) is 0.656. The second-order valence-corrected chi connectivity index (χ2v) is 2.03. The molecule has 0 aliphatic rings. The average Bonchev–Trinajstić information content (AvgIpc) is 2.00. The number of carbonyl (C=O) groups excluding carboxylic acids is 1. The van der Waals surface area contributed by atoms with Crippen molar-refractivity contribution in [3.8, 4) is 0 Å². The van der Waals surface area contributed by atoms with Crippen LogP contribution in [0.1, 0.15) is 13.3 Å². The summed E-state index contributed by atoms with van der Waals surface area (Å²) in [6.07, 6.45) is 3.77. The Bertz CT molecular complexity index is 154. The number of hydrogen-bond donors (Lipinski definition) is 1. The topological polar surface area (TPSA) is 32.3 Å². The Morgan fingerprint density at radius 1 is 1.64 bits per heavy atom. The van der Waals surface area contributed by atoms with Crippen molar-refractivity contribution in [1.29, 1.82) is 0 Å². The fourth-order valence-electron chi connectivity index (χ4n) is 0.687. The Hall–Kier alpha value is -1.25. The van der Waals surface area contributed by atoms with Crippen molar-refractivity contribution >= 4 is 6.03 Å². The van der Waals surface area contributed by atoms with Crippen LogP contribution in [0, 0.1) is 0 Å². The van der Waals surface area contributed by atoms with Gasteiger partial charge in [0.25, 0.3) is 0 Å². The Morgan fingerprint density at radius 2 is 2.27 bits per heavy atom. The monoisotopic (exact) mass is 154 g/mol. The first-order valence-electron chi connectivity index (χ1n) is 3.56.